The first-order chi connectivity index (χ1) is 19.8. The maximum absolute atomic E-state index is 14.0. The van der Waals surface area contributed by atoms with E-state index in [0.29, 0.717) is 19.3 Å². The number of nitrogens with zero attached hydrogens (tertiary/aromatic N) is 3. The number of alkyl carbamates (subject to hydrolysis) is 1. The zero-order valence-electron chi connectivity index (χ0n) is 24.2. The van der Waals surface area contributed by atoms with Crippen molar-refractivity contribution in [2.24, 2.45) is 5.92 Å². The number of fused-ring (bicyclic) bond motifs is 2. The molecule has 2 N–H and O–H groups in total. The van der Waals surface area contributed by atoms with Crippen LogP contribution in [-0.2, 0) is 23.9 Å². The highest BCUT2D eigenvalue weighted by Gasteiger charge is 2.62. The fraction of sp³-hybridized carbons (Fsp3) is 0.643. The van der Waals surface area contributed by atoms with E-state index in [0.717, 1.165) is 19.3 Å². The summed E-state index contributed by atoms with van der Waals surface area (Å²) in [5.41, 5.74) is -1.98. The predicted octanol–water partition coefficient (Wildman–Crippen LogP) is 3.59. The van der Waals surface area contributed by atoms with Gasteiger partial charge in [0.2, 0.25) is 23.0 Å². The van der Waals surface area contributed by atoms with Crippen molar-refractivity contribution >= 4 is 47.1 Å². The molecular formula is C28H37Cl2N5O7. The number of hydrogen-bond acceptors (Lipinski definition) is 9. The SMILES string of the molecule is COC(=O)[C@@]12C[C@H]1/C=C\CCCCC[C@H](NC(=O)OC(C)(C)C)C(=O)N1C[C@H](Oc3cc(Cl)nc(Cl)n3)C[C@H]1C(=O)N2. The van der Waals surface area contributed by atoms with Crippen LogP contribution in [0, 0.1) is 5.92 Å². The van der Waals surface area contributed by atoms with E-state index in [1.54, 1.807) is 20.8 Å². The Kier molecular flexibility index (Phi) is 9.87. The summed E-state index contributed by atoms with van der Waals surface area (Å²) < 4.78 is 16.4. The highest BCUT2D eigenvalue weighted by Crippen LogP contribution is 2.46. The first kappa shape index (κ1) is 31.8. The van der Waals surface area contributed by atoms with E-state index in [1.165, 1.54) is 18.1 Å². The molecule has 1 aliphatic carbocycles. The second kappa shape index (κ2) is 13.0. The first-order valence-electron chi connectivity index (χ1n) is 14.0. The van der Waals surface area contributed by atoms with Gasteiger partial charge in [0.05, 0.1) is 13.7 Å². The molecule has 42 heavy (non-hydrogen) atoms. The molecule has 14 heteroatoms. The van der Waals surface area contributed by atoms with Gasteiger partial charge in [-0.2, -0.15) is 4.98 Å². The van der Waals surface area contributed by atoms with Crippen LogP contribution in [0.4, 0.5) is 4.79 Å². The largest absolute Gasteiger partial charge is 0.472 e. The average Bonchev–Trinajstić information content (AvgIpc) is 3.41. The lowest BCUT2D eigenvalue weighted by Crippen LogP contribution is -2.56. The van der Waals surface area contributed by atoms with Crippen molar-refractivity contribution in [3.63, 3.8) is 0 Å². The lowest BCUT2D eigenvalue weighted by atomic mass is 10.0. The summed E-state index contributed by atoms with van der Waals surface area (Å²) in [6.07, 6.45) is 6.51. The van der Waals surface area contributed by atoms with Gasteiger partial charge in [0.25, 0.3) is 0 Å². The van der Waals surface area contributed by atoms with E-state index in [9.17, 15) is 19.2 Å². The number of allylic oxidation sites excluding steroid dienone is 1. The van der Waals surface area contributed by atoms with Crippen molar-refractivity contribution < 1.29 is 33.4 Å². The minimum atomic E-state index is -1.21. The maximum Gasteiger partial charge on any atom is 0.408 e. The molecule has 0 aromatic carbocycles. The minimum absolute atomic E-state index is 0.0111. The van der Waals surface area contributed by atoms with Gasteiger partial charge in [-0.05, 0) is 58.1 Å². The predicted molar refractivity (Wildman–Crippen MR) is 153 cm³/mol. The fourth-order valence-corrected chi connectivity index (χ4v) is 5.76. The normalized spacial score (nSPS) is 29.1. The van der Waals surface area contributed by atoms with E-state index in [-0.39, 0.29) is 35.2 Å². The van der Waals surface area contributed by atoms with Gasteiger partial charge in [0.15, 0.2) is 0 Å². The van der Waals surface area contributed by atoms with Crippen molar-refractivity contribution in [1.29, 1.82) is 0 Å². The molecule has 1 saturated heterocycles. The molecule has 0 bridgehead atoms. The van der Waals surface area contributed by atoms with E-state index in [1.807, 2.05) is 12.2 Å². The standard InChI is InChI=1S/C28H37Cl2N5O7/c1-27(2,3)42-26(39)31-18-11-9-7-5-6-8-10-16-14-28(16,24(38)40-4)34-22(36)19-12-17(15-35(19)23(18)37)41-21-13-20(29)32-25(30)33-21/h8,10,13,16-19H,5-7,9,11-12,14-15H2,1-4H3,(H,31,39)(H,34,36)/b10-8-/t16-,17-,18+,19+,28-/m1/s1. The lowest BCUT2D eigenvalue weighted by molar-refractivity contribution is -0.148. The molecule has 2 fully saturated rings. The number of amides is 3. The van der Waals surface area contributed by atoms with Crippen LogP contribution in [0.15, 0.2) is 18.2 Å². The molecule has 3 heterocycles. The third-order valence-corrected chi connectivity index (χ3v) is 7.77. The zero-order chi connectivity index (χ0) is 30.7. The third kappa shape index (κ3) is 7.83. The van der Waals surface area contributed by atoms with Crippen LogP contribution < -0.4 is 15.4 Å². The Morgan fingerprint density at radius 1 is 1.17 bits per heavy atom. The second-order valence-corrected chi connectivity index (χ2v) is 12.5. The van der Waals surface area contributed by atoms with E-state index < -0.39 is 53.2 Å². The van der Waals surface area contributed by atoms with Crippen molar-refractivity contribution in [2.45, 2.75) is 95.0 Å². The Hall–Kier alpha value is -3.12. The molecule has 0 radical (unpaired) electrons. The van der Waals surface area contributed by atoms with Crippen LogP contribution in [0.3, 0.4) is 0 Å². The first-order valence-corrected chi connectivity index (χ1v) is 14.8. The molecule has 2 aliphatic heterocycles. The second-order valence-electron chi connectivity index (χ2n) is 11.8. The number of nitrogens with one attached hydrogen (secondary N) is 2. The molecule has 3 aliphatic rings. The van der Waals surface area contributed by atoms with Crippen LogP contribution in [0.25, 0.3) is 0 Å². The molecule has 0 spiro atoms. The molecule has 1 saturated carbocycles. The van der Waals surface area contributed by atoms with E-state index in [2.05, 4.69) is 20.6 Å². The Morgan fingerprint density at radius 2 is 1.93 bits per heavy atom. The van der Waals surface area contributed by atoms with Crippen LogP contribution in [0.2, 0.25) is 10.4 Å². The molecule has 3 amide bonds. The number of rotatable bonds is 4. The van der Waals surface area contributed by atoms with Crippen molar-refractivity contribution in [3.8, 4) is 5.88 Å². The smallest absolute Gasteiger partial charge is 0.408 e. The Bertz CT molecular complexity index is 1220. The number of carbonyl (C=O) groups is 4. The zero-order valence-corrected chi connectivity index (χ0v) is 25.7. The maximum atomic E-state index is 14.0. The third-order valence-electron chi connectivity index (χ3n) is 7.41. The van der Waals surface area contributed by atoms with Gasteiger partial charge in [0.1, 0.15) is 34.5 Å². The van der Waals surface area contributed by atoms with Gasteiger partial charge in [-0.1, -0.05) is 36.6 Å². The van der Waals surface area contributed by atoms with Gasteiger partial charge < -0.3 is 29.7 Å². The summed E-state index contributed by atoms with van der Waals surface area (Å²) >= 11 is 11.9. The summed E-state index contributed by atoms with van der Waals surface area (Å²) in [4.78, 5) is 62.6. The lowest BCUT2D eigenvalue weighted by Gasteiger charge is -2.30. The van der Waals surface area contributed by atoms with Crippen molar-refractivity contribution in [3.05, 3.63) is 28.7 Å². The average molecular weight is 627 g/mol. The highest BCUT2D eigenvalue weighted by atomic mass is 35.5. The summed E-state index contributed by atoms with van der Waals surface area (Å²) in [5.74, 6) is -1.67. The Labute approximate surface area is 254 Å². The van der Waals surface area contributed by atoms with E-state index >= 15 is 0 Å². The summed E-state index contributed by atoms with van der Waals surface area (Å²) in [5, 5.41) is 5.54. The van der Waals surface area contributed by atoms with Gasteiger partial charge in [-0.3, -0.25) is 9.59 Å². The molecule has 0 unspecified atom stereocenters. The monoisotopic (exact) mass is 625 g/mol. The Balaban J connectivity index is 1.63. The minimum Gasteiger partial charge on any atom is -0.472 e. The van der Waals surface area contributed by atoms with Crippen molar-refractivity contribution in [2.75, 3.05) is 13.7 Å². The summed E-state index contributed by atoms with van der Waals surface area (Å²) in [7, 11) is 1.28. The molecule has 5 atom stereocenters. The molecule has 4 rings (SSSR count). The van der Waals surface area contributed by atoms with Gasteiger partial charge in [0, 0.05) is 18.4 Å². The summed E-state index contributed by atoms with van der Waals surface area (Å²) in [6.45, 7) is 5.20. The Morgan fingerprint density at radius 3 is 2.62 bits per heavy atom. The van der Waals surface area contributed by atoms with Crippen LogP contribution >= 0.6 is 23.2 Å². The number of halogens is 2. The van der Waals surface area contributed by atoms with Crippen molar-refractivity contribution in [1.82, 2.24) is 25.5 Å². The molecule has 12 nitrogen and oxygen atoms in total. The topological polar surface area (TPSA) is 149 Å². The van der Waals surface area contributed by atoms with Gasteiger partial charge in [-0.15, -0.1) is 0 Å². The number of esters is 1. The number of aromatic nitrogens is 2. The van der Waals surface area contributed by atoms with Crippen LogP contribution in [-0.4, -0.2) is 81.7 Å². The highest BCUT2D eigenvalue weighted by molar-refractivity contribution is 6.31. The van der Waals surface area contributed by atoms with Gasteiger partial charge >= 0.3 is 12.1 Å². The number of ether oxygens (including phenoxy) is 3. The molecule has 1 aromatic rings. The number of hydrogen-bond donors (Lipinski definition) is 2. The molecular weight excluding hydrogens is 589 g/mol. The van der Waals surface area contributed by atoms with Crippen LogP contribution in [0.1, 0.15) is 65.7 Å². The van der Waals surface area contributed by atoms with Gasteiger partial charge in [-0.25, -0.2) is 14.6 Å². The molecule has 1 aromatic heterocycles. The molecule has 230 valence electrons. The number of carbonyl (C=O) groups excluding carboxylic acids is 4. The summed E-state index contributed by atoms with van der Waals surface area (Å²) in [6, 6.07) is -0.568. The quantitative estimate of drug-likeness (QED) is 0.221. The fourth-order valence-electron chi connectivity index (χ4n) is 5.37. The number of methoxy groups -OCH3 is 1. The van der Waals surface area contributed by atoms with Crippen LogP contribution in [0.5, 0.6) is 5.88 Å². The van der Waals surface area contributed by atoms with E-state index in [4.69, 9.17) is 37.4 Å².